The minimum absolute atomic E-state index is 0.698. The molecule has 0 aliphatic rings. The van der Waals surface area contributed by atoms with Gasteiger partial charge in [-0.3, -0.25) is 0 Å². The zero-order valence-corrected chi connectivity index (χ0v) is 32.8. The van der Waals surface area contributed by atoms with Gasteiger partial charge >= 0.3 is 0 Å². The van der Waals surface area contributed by atoms with Crippen molar-refractivity contribution >= 4 is 42.4 Å². The second-order valence-electron chi connectivity index (χ2n) is 14.8. The predicted molar refractivity (Wildman–Crippen MR) is 248 cm³/mol. The van der Waals surface area contributed by atoms with E-state index in [0.29, 0.717) is 5.82 Å². The summed E-state index contributed by atoms with van der Waals surface area (Å²) in [6.07, 6.45) is 0. The summed E-state index contributed by atoms with van der Waals surface area (Å²) < 4.78 is 2.45. The van der Waals surface area contributed by atoms with Crippen molar-refractivity contribution in [1.82, 2.24) is 15.0 Å². The predicted octanol–water partition coefficient (Wildman–Crippen LogP) is 15.1. The van der Waals surface area contributed by atoms with Crippen LogP contribution in [-0.4, -0.2) is 15.0 Å². The summed E-state index contributed by atoms with van der Waals surface area (Å²) in [5.41, 5.74) is 15.0. The smallest absolute Gasteiger partial charge is 0.160 e. The van der Waals surface area contributed by atoms with Crippen molar-refractivity contribution in [3.05, 3.63) is 212 Å². The molecule has 3 nitrogen and oxygen atoms in total. The molecule has 0 spiro atoms. The molecule has 0 amide bonds. The molecule has 0 radical (unpaired) electrons. The highest BCUT2D eigenvalue weighted by Crippen LogP contribution is 2.44. The van der Waals surface area contributed by atoms with Crippen molar-refractivity contribution in [3.63, 3.8) is 0 Å². The monoisotopic (exact) mass is 769 g/mol. The van der Waals surface area contributed by atoms with Crippen molar-refractivity contribution in [3.8, 4) is 78.5 Å². The van der Waals surface area contributed by atoms with E-state index in [9.17, 15) is 0 Å². The highest BCUT2D eigenvalue weighted by molar-refractivity contribution is 7.26. The number of pyridine rings is 1. The Bertz CT molecular complexity index is 3280. The Labute approximate surface area is 346 Å². The maximum Gasteiger partial charge on any atom is 0.160 e. The van der Waals surface area contributed by atoms with Crippen molar-refractivity contribution in [2.75, 3.05) is 0 Å². The summed E-state index contributed by atoms with van der Waals surface area (Å²) in [7, 11) is 0. The van der Waals surface area contributed by atoms with Gasteiger partial charge in [0.2, 0.25) is 0 Å². The Hall–Kier alpha value is -7.53. The van der Waals surface area contributed by atoms with Crippen LogP contribution in [0, 0.1) is 0 Å². The van der Waals surface area contributed by atoms with E-state index in [1.807, 2.05) is 35.6 Å². The summed E-state index contributed by atoms with van der Waals surface area (Å²) in [5, 5.41) is 3.67. The molecule has 8 aromatic carbocycles. The SMILES string of the molecule is c1ccc(-c2ccc(-c3cc(-c4ccc(-c5nc6ccc(-c7cccc(-c8ccccc8)c7)cc6c6c5sc5ccccc56)cc4)nc(-c4ccccc4)n3)cc2)cc1. The van der Waals surface area contributed by atoms with Gasteiger partial charge in [-0.2, -0.15) is 0 Å². The Balaban J connectivity index is 0.999. The molecule has 0 bridgehead atoms. The Morgan fingerprint density at radius 2 is 0.780 bits per heavy atom. The van der Waals surface area contributed by atoms with Crippen LogP contribution in [0.3, 0.4) is 0 Å². The van der Waals surface area contributed by atoms with Gasteiger partial charge in [0, 0.05) is 43.1 Å². The fourth-order valence-electron chi connectivity index (χ4n) is 8.09. The fraction of sp³-hybridized carbons (Fsp3) is 0. The number of thiophene rings is 1. The second kappa shape index (κ2) is 14.8. The zero-order chi connectivity index (χ0) is 39.1. The molecule has 0 unspecified atom stereocenters. The van der Waals surface area contributed by atoms with Crippen molar-refractivity contribution in [2.45, 2.75) is 0 Å². The fourth-order valence-corrected chi connectivity index (χ4v) is 9.32. The van der Waals surface area contributed by atoms with Crippen LogP contribution in [0.25, 0.3) is 110 Å². The number of aromatic nitrogens is 3. The van der Waals surface area contributed by atoms with E-state index in [1.165, 1.54) is 58.9 Å². The molecule has 0 saturated heterocycles. The van der Waals surface area contributed by atoms with Crippen LogP contribution in [0.1, 0.15) is 0 Å². The lowest BCUT2D eigenvalue weighted by Crippen LogP contribution is -1.96. The van der Waals surface area contributed by atoms with E-state index < -0.39 is 0 Å². The summed E-state index contributed by atoms with van der Waals surface area (Å²) in [6, 6.07) is 75.0. The Kier molecular flexibility index (Phi) is 8.68. The van der Waals surface area contributed by atoms with Crippen molar-refractivity contribution in [2.24, 2.45) is 0 Å². The second-order valence-corrected chi connectivity index (χ2v) is 15.8. The van der Waals surface area contributed by atoms with E-state index in [2.05, 4.69) is 188 Å². The molecule has 3 heterocycles. The average molecular weight is 770 g/mol. The standard InChI is InChI=1S/C55H35N3S/c1-4-13-36(14-5-1)38-23-25-39(26-24-38)49-35-50(58-55(57-49)42-17-8-3-9-18-42)40-27-29-41(30-28-40)53-54-52(46-21-10-11-22-51(46)59-54)47-34-45(31-32-48(47)56-53)44-20-12-19-43(33-44)37-15-6-2-7-16-37/h1-35H. The third kappa shape index (κ3) is 6.56. The van der Waals surface area contributed by atoms with E-state index in [4.69, 9.17) is 15.0 Å². The van der Waals surface area contributed by atoms with Crippen LogP contribution in [0.15, 0.2) is 212 Å². The van der Waals surface area contributed by atoms with Crippen molar-refractivity contribution < 1.29 is 0 Å². The first-order valence-electron chi connectivity index (χ1n) is 19.8. The first kappa shape index (κ1) is 34.7. The molecule has 0 atom stereocenters. The van der Waals surface area contributed by atoms with E-state index >= 15 is 0 Å². The summed E-state index contributed by atoms with van der Waals surface area (Å²) in [4.78, 5) is 15.6. The zero-order valence-electron chi connectivity index (χ0n) is 32.0. The maximum atomic E-state index is 5.39. The highest BCUT2D eigenvalue weighted by atomic mass is 32.1. The number of rotatable bonds is 7. The summed E-state index contributed by atoms with van der Waals surface area (Å²) in [6.45, 7) is 0. The number of hydrogen-bond donors (Lipinski definition) is 0. The Morgan fingerprint density at radius 1 is 0.305 bits per heavy atom. The van der Waals surface area contributed by atoms with Crippen molar-refractivity contribution in [1.29, 1.82) is 0 Å². The minimum Gasteiger partial charge on any atom is -0.246 e. The highest BCUT2D eigenvalue weighted by Gasteiger charge is 2.18. The summed E-state index contributed by atoms with van der Waals surface area (Å²) in [5.74, 6) is 0.698. The number of fused-ring (bicyclic) bond motifs is 5. The normalized spacial score (nSPS) is 11.4. The third-order valence-electron chi connectivity index (χ3n) is 11.1. The molecule has 0 saturated carbocycles. The molecule has 276 valence electrons. The lowest BCUT2D eigenvalue weighted by Gasteiger charge is -2.12. The summed E-state index contributed by atoms with van der Waals surface area (Å²) >= 11 is 1.82. The minimum atomic E-state index is 0.698. The molecule has 0 fully saturated rings. The molecule has 4 heteroatoms. The van der Waals surface area contributed by atoms with Crippen LogP contribution in [-0.2, 0) is 0 Å². The van der Waals surface area contributed by atoms with Gasteiger partial charge in [-0.25, -0.2) is 15.0 Å². The molecule has 0 N–H and O–H groups in total. The molecular weight excluding hydrogens is 735 g/mol. The van der Waals surface area contributed by atoms with Gasteiger partial charge in [0.25, 0.3) is 0 Å². The van der Waals surface area contributed by atoms with Gasteiger partial charge < -0.3 is 0 Å². The molecule has 0 aliphatic carbocycles. The van der Waals surface area contributed by atoms with Gasteiger partial charge in [-0.1, -0.05) is 182 Å². The van der Waals surface area contributed by atoms with Gasteiger partial charge in [0.15, 0.2) is 5.82 Å². The number of nitrogens with zero attached hydrogens (tertiary/aromatic N) is 3. The first-order chi connectivity index (χ1) is 29.2. The van der Waals surface area contributed by atoms with Crippen LogP contribution in [0.2, 0.25) is 0 Å². The van der Waals surface area contributed by atoms with Crippen LogP contribution in [0.4, 0.5) is 0 Å². The quantitative estimate of drug-likeness (QED) is 0.162. The Morgan fingerprint density at radius 3 is 1.44 bits per heavy atom. The molecule has 11 rings (SSSR count). The van der Waals surface area contributed by atoms with Crippen LogP contribution < -0.4 is 0 Å². The average Bonchev–Trinajstić information content (AvgIpc) is 3.72. The van der Waals surface area contributed by atoms with Gasteiger partial charge in [0.1, 0.15) is 0 Å². The lowest BCUT2D eigenvalue weighted by molar-refractivity contribution is 1.18. The van der Waals surface area contributed by atoms with Crippen LogP contribution >= 0.6 is 11.3 Å². The topological polar surface area (TPSA) is 38.7 Å². The molecule has 59 heavy (non-hydrogen) atoms. The number of benzene rings is 8. The van der Waals surface area contributed by atoms with Gasteiger partial charge in [-0.15, -0.1) is 11.3 Å². The largest absolute Gasteiger partial charge is 0.246 e. The van der Waals surface area contributed by atoms with E-state index in [1.54, 1.807) is 0 Å². The van der Waals surface area contributed by atoms with Gasteiger partial charge in [0.05, 0.1) is 27.3 Å². The van der Waals surface area contributed by atoms with E-state index in [0.717, 1.165) is 44.9 Å². The molecule has 3 aromatic heterocycles. The van der Waals surface area contributed by atoms with Crippen LogP contribution in [0.5, 0.6) is 0 Å². The molecule has 0 aliphatic heterocycles. The lowest BCUT2D eigenvalue weighted by atomic mass is 9.96. The molecule has 11 aromatic rings. The number of hydrogen-bond acceptors (Lipinski definition) is 4. The first-order valence-corrected chi connectivity index (χ1v) is 20.7. The van der Waals surface area contributed by atoms with Gasteiger partial charge in [-0.05, 0) is 63.7 Å². The maximum absolute atomic E-state index is 5.39. The van der Waals surface area contributed by atoms with E-state index in [-0.39, 0.29) is 0 Å². The molecular formula is C55H35N3S. The third-order valence-corrected chi connectivity index (χ3v) is 12.3.